The fraction of sp³-hybridized carbons (Fsp3) is 0.0435. The minimum atomic E-state index is -0.348. The highest BCUT2D eigenvalue weighted by atomic mass is 35.5. The molecular formula is C23H16Cl2N6OS. The van der Waals surface area contributed by atoms with Crippen LogP contribution in [-0.4, -0.2) is 26.8 Å². The summed E-state index contributed by atoms with van der Waals surface area (Å²) in [5.74, 6) is -0.209. The van der Waals surface area contributed by atoms with E-state index in [1.165, 1.54) is 4.68 Å². The topological polar surface area (TPSA) is 98.2 Å². The first-order chi connectivity index (χ1) is 16.0. The van der Waals surface area contributed by atoms with Gasteiger partial charge in [0.05, 0.1) is 33.8 Å². The summed E-state index contributed by atoms with van der Waals surface area (Å²) in [7, 11) is 0. The van der Waals surface area contributed by atoms with Crippen molar-refractivity contribution in [1.82, 2.24) is 20.0 Å². The predicted molar refractivity (Wildman–Crippen MR) is 134 cm³/mol. The summed E-state index contributed by atoms with van der Waals surface area (Å²) < 4.78 is 1.41. The van der Waals surface area contributed by atoms with Crippen molar-refractivity contribution in [3.8, 4) is 0 Å². The molecule has 0 fully saturated rings. The van der Waals surface area contributed by atoms with Crippen LogP contribution in [0.3, 0.4) is 0 Å². The smallest absolute Gasteiger partial charge is 0.257 e. The number of carbonyl (C=O) groups excluding carboxylic acids is 1. The fourth-order valence-electron chi connectivity index (χ4n) is 3.37. The van der Waals surface area contributed by atoms with Gasteiger partial charge in [-0.05, 0) is 41.3 Å². The minimum Gasteiger partial charge on any atom is -0.383 e. The maximum Gasteiger partial charge on any atom is 0.257 e. The molecule has 3 heterocycles. The number of hydrogen-bond acceptors (Lipinski definition) is 6. The first-order valence-corrected chi connectivity index (χ1v) is 11.5. The van der Waals surface area contributed by atoms with Crippen LogP contribution in [0.4, 0.5) is 5.82 Å². The monoisotopic (exact) mass is 494 g/mol. The quantitative estimate of drug-likeness (QED) is 0.321. The second kappa shape index (κ2) is 8.82. The van der Waals surface area contributed by atoms with Gasteiger partial charge in [-0.3, -0.25) is 4.79 Å². The van der Waals surface area contributed by atoms with Crippen LogP contribution in [0.2, 0.25) is 10.0 Å². The molecular weight excluding hydrogens is 479 g/mol. The number of halogens is 2. The zero-order chi connectivity index (χ0) is 22.9. The van der Waals surface area contributed by atoms with Crippen molar-refractivity contribution in [2.75, 3.05) is 5.73 Å². The predicted octanol–water partition coefficient (Wildman–Crippen LogP) is 5.35. The van der Waals surface area contributed by atoms with Gasteiger partial charge in [-0.15, -0.1) is 11.3 Å². The standard InChI is InChI=1S/C23H16Cl2N6OS/c24-15-8-7-13(10-16(15)25)11-28-31-21(26)19(23(32)27-12-14-4-3-9-33-14)20-22(31)30-18-6-2-1-5-17(18)29-20/h1-11H,12,26H2,(H,27,32)/b28-11+. The Balaban J connectivity index is 1.62. The molecule has 0 radical (unpaired) electrons. The summed E-state index contributed by atoms with van der Waals surface area (Å²) in [5, 5.41) is 10.2. The molecule has 0 aliphatic carbocycles. The fourth-order valence-corrected chi connectivity index (χ4v) is 4.33. The molecule has 7 nitrogen and oxygen atoms in total. The van der Waals surface area contributed by atoms with Gasteiger partial charge in [0.25, 0.3) is 5.91 Å². The molecule has 0 spiro atoms. The Morgan fingerprint density at radius 3 is 2.61 bits per heavy atom. The van der Waals surface area contributed by atoms with Crippen LogP contribution in [0.5, 0.6) is 0 Å². The lowest BCUT2D eigenvalue weighted by Gasteiger charge is -2.04. The highest BCUT2D eigenvalue weighted by molar-refractivity contribution is 7.09. The van der Waals surface area contributed by atoms with Crippen LogP contribution in [0.15, 0.2) is 65.1 Å². The van der Waals surface area contributed by atoms with Crippen molar-refractivity contribution in [2.24, 2.45) is 5.10 Å². The van der Waals surface area contributed by atoms with Crippen molar-refractivity contribution in [1.29, 1.82) is 0 Å². The number of nitrogens with one attached hydrogen (secondary N) is 1. The molecule has 10 heteroatoms. The largest absolute Gasteiger partial charge is 0.383 e. The number of thiophene rings is 1. The van der Waals surface area contributed by atoms with Gasteiger partial charge in [-0.25, -0.2) is 9.97 Å². The van der Waals surface area contributed by atoms with Gasteiger partial charge >= 0.3 is 0 Å². The van der Waals surface area contributed by atoms with Crippen LogP contribution in [0.25, 0.3) is 22.2 Å². The van der Waals surface area contributed by atoms with Gasteiger partial charge in [0.15, 0.2) is 5.65 Å². The molecule has 33 heavy (non-hydrogen) atoms. The van der Waals surface area contributed by atoms with E-state index in [4.69, 9.17) is 28.9 Å². The summed E-state index contributed by atoms with van der Waals surface area (Å²) in [6, 6.07) is 16.4. The van der Waals surface area contributed by atoms with Crippen molar-refractivity contribution in [3.05, 3.63) is 86.0 Å². The third-order valence-electron chi connectivity index (χ3n) is 4.97. The minimum absolute atomic E-state index is 0.139. The molecule has 5 rings (SSSR count). The van der Waals surface area contributed by atoms with Crippen molar-refractivity contribution >= 4 is 74.7 Å². The second-order valence-corrected chi connectivity index (χ2v) is 8.98. The molecule has 164 valence electrons. The van der Waals surface area contributed by atoms with Gasteiger partial charge in [0, 0.05) is 4.88 Å². The zero-order valence-electron chi connectivity index (χ0n) is 17.0. The van der Waals surface area contributed by atoms with Gasteiger partial charge in [0.2, 0.25) is 0 Å². The molecule has 3 aromatic heterocycles. The summed E-state index contributed by atoms with van der Waals surface area (Å²) in [6.07, 6.45) is 1.57. The third kappa shape index (κ3) is 4.16. The number of anilines is 1. The van der Waals surface area contributed by atoms with E-state index >= 15 is 0 Å². The molecule has 0 bridgehead atoms. The summed E-state index contributed by atoms with van der Waals surface area (Å²) >= 11 is 13.7. The van der Waals surface area contributed by atoms with Gasteiger partial charge in [-0.2, -0.15) is 9.78 Å². The average Bonchev–Trinajstić information content (AvgIpc) is 3.42. The summed E-state index contributed by atoms with van der Waals surface area (Å²) in [4.78, 5) is 23.5. The normalized spacial score (nSPS) is 11.6. The molecule has 5 aromatic rings. The molecule has 0 saturated heterocycles. The Morgan fingerprint density at radius 2 is 1.88 bits per heavy atom. The van der Waals surface area contributed by atoms with Crippen LogP contribution < -0.4 is 11.1 Å². The number of amides is 1. The van der Waals surface area contributed by atoms with E-state index in [2.05, 4.69) is 20.4 Å². The van der Waals surface area contributed by atoms with E-state index in [1.807, 2.05) is 41.8 Å². The molecule has 1 amide bonds. The maximum absolute atomic E-state index is 13.1. The van der Waals surface area contributed by atoms with E-state index in [0.29, 0.717) is 44.4 Å². The first-order valence-electron chi connectivity index (χ1n) is 9.88. The van der Waals surface area contributed by atoms with Crippen molar-refractivity contribution < 1.29 is 4.79 Å². The Labute approximate surface area is 202 Å². The maximum atomic E-state index is 13.1. The Bertz CT molecular complexity index is 1530. The van der Waals surface area contributed by atoms with E-state index in [0.717, 1.165) is 4.88 Å². The number of para-hydroxylation sites is 2. The average molecular weight is 495 g/mol. The van der Waals surface area contributed by atoms with Crippen LogP contribution in [0.1, 0.15) is 20.8 Å². The van der Waals surface area contributed by atoms with E-state index in [9.17, 15) is 4.79 Å². The van der Waals surface area contributed by atoms with Gasteiger partial charge < -0.3 is 11.1 Å². The number of aromatic nitrogens is 3. The van der Waals surface area contributed by atoms with Crippen LogP contribution in [0, 0.1) is 0 Å². The number of fused-ring (bicyclic) bond motifs is 2. The second-order valence-electron chi connectivity index (χ2n) is 7.14. The number of rotatable bonds is 5. The third-order valence-corrected chi connectivity index (χ3v) is 6.59. The number of benzene rings is 2. The van der Waals surface area contributed by atoms with Crippen LogP contribution in [-0.2, 0) is 6.54 Å². The molecule has 0 aliphatic rings. The summed E-state index contributed by atoms with van der Waals surface area (Å²) in [5.41, 5.74) is 9.43. The van der Waals surface area contributed by atoms with Crippen molar-refractivity contribution in [2.45, 2.75) is 6.54 Å². The number of hydrogen-bond donors (Lipinski definition) is 2. The zero-order valence-corrected chi connectivity index (χ0v) is 19.3. The Kier molecular flexibility index (Phi) is 5.72. The SMILES string of the molecule is Nc1c(C(=O)NCc2cccs2)c2nc3ccccc3nc2n1/N=C/c1ccc(Cl)c(Cl)c1. The summed E-state index contributed by atoms with van der Waals surface area (Å²) in [6.45, 7) is 0.385. The van der Waals surface area contributed by atoms with E-state index < -0.39 is 0 Å². The van der Waals surface area contributed by atoms with Gasteiger partial charge in [-0.1, -0.05) is 47.5 Å². The van der Waals surface area contributed by atoms with Gasteiger partial charge in [0.1, 0.15) is 16.9 Å². The molecule has 0 saturated carbocycles. The first kappa shape index (κ1) is 21.4. The number of nitrogens with zero attached hydrogens (tertiary/aromatic N) is 4. The van der Waals surface area contributed by atoms with Crippen molar-refractivity contribution in [3.63, 3.8) is 0 Å². The highest BCUT2D eigenvalue weighted by Gasteiger charge is 2.24. The molecule has 3 N–H and O–H groups in total. The van der Waals surface area contributed by atoms with E-state index in [-0.39, 0.29) is 17.3 Å². The highest BCUT2D eigenvalue weighted by Crippen LogP contribution is 2.28. The number of nitrogens with two attached hydrogens (primary N) is 1. The number of carbonyl (C=O) groups is 1. The Morgan fingerprint density at radius 1 is 1.09 bits per heavy atom. The Hall–Kier alpha value is -3.46. The molecule has 2 aromatic carbocycles. The molecule has 0 aliphatic heterocycles. The molecule has 0 unspecified atom stereocenters. The van der Waals surface area contributed by atoms with E-state index in [1.54, 1.807) is 35.8 Å². The van der Waals surface area contributed by atoms with Crippen LogP contribution >= 0.6 is 34.5 Å². The lowest BCUT2D eigenvalue weighted by molar-refractivity contribution is 0.0953. The molecule has 0 atom stereocenters. The lowest BCUT2D eigenvalue weighted by Crippen LogP contribution is -2.23. The number of nitrogen functional groups attached to an aromatic ring is 1. The lowest BCUT2D eigenvalue weighted by atomic mass is 10.2.